The molecular formula is C52H34N2S. The number of hydrogen-bond acceptors (Lipinski definition) is 2. The van der Waals surface area contributed by atoms with Crippen LogP contribution in [-0.4, -0.2) is 4.57 Å². The first-order chi connectivity index (χ1) is 27.3. The topological polar surface area (TPSA) is 8.17 Å². The first kappa shape index (κ1) is 31.6. The summed E-state index contributed by atoms with van der Waals surface area (Å²) in [7, 11) is 0. The largest absolute Gasteiger partial charge is 0.309 e. The van der Waals surface area contributed by atoms with Crippen molar-refractivity contribution in [2.75, 3.05) is 4.90 Å². The first-order valence-corrected chi connectivity index (χ1v) is 19.6. The molecule has 2 aromatic heterocycles. The molecule has 0 bridgehead atoms. The number of fused-ring (bicyclic) bond motifs is 7. The summed E-state index contributed by atoms with van der Waals surface area (Å²) in [6.07, 6.45) is 0. The fourth-order valence-electron chi connectivity index (χ4n) is 8.42. The minimum absolute atomic E-state index is 1.11. The van der Waals surface area contributed by atoms with Gasteiger partial charge in [0.25, 0.3) is 0 Å². The molecule has 0 aliphatic carbocycles. The number of para-hydroxylation sites is 3. The molecule has 258 valence electrons. The Kier molecular flexibility index (Phi) is 7.39. The smallest absolute Gasteiger partial charge is 0.0541 e. The Bertz CT molecular complexity index is 3150. The van der Waals surface area contributed by atoms with Crippen LogP contribution in [0.4, 0.5) is 17.1 Å². The number of hydrogen-bond donors (Lipinski definition) is 0. The van der Waals surface area contributed by atoms with E-state index < -0.39 is 0 Å². The molecule has 0 saturated heterocycles. The van der Waals surface area contributed by atoms with Crippen molar-refractivity contribution in [3.63, 3.8) is 0 Å². The lowest BCUT2D eigenvalue weighted by molar-refractivity contribution is 1.18. The molecule has 0 saturated carbocycles. The average Bonchev–Trinajstić information content (AvgIpc) is 3.80. The van der Waals surface area contributed by atoms with Gasteiger partial charge in [-0.25, -0.2) is 0 Å². The van der Waals surface area contributed by atoms with Gasteiger partial charge in [-0.1, -0.05) is 140 Å². The van der Waals surface area contributed by atoms with E-state index in [1.165, 1.54) is 75.0 Å². The molecule has 9 aromatic carbocycles. The zero-order chi connectivity index (χ0) is 36.3. The van der Waals surface area contributed by atoms with E-state index in [4.69, 9.17) is 0 Å². The summed E-state index contributed by atoms with van der Waals surface area (Å²) >= 11 is 1.86. The molecule has 55 heavy (non-hydrogen) atoms. The van der Waals surface area contributed by atoms with Crippen LogP contribution < -0.4 is 4.90 Å². The number of anilines is 3. The summed E-state index contributed by atoms with van der Waals surface area (Å²) in [5.74, 6) is 0. The SMILES string of the molecule is c1ccc(N(c2ccc(-c3ccc(-n4c5ccccc5c5ccccc54)cc3)cc2)c2cccc3ccccc23)c(-c2ccc3sc4ccccc4c3c2)c1. The van der Waals surface area contributed by atoms with Crippen LogP contribution in [0.2, 0.25) is 0 Å². The fraction of sp³-hybridized carbons (Fsp3) is 0. The monoisotopic (exact) mass is 718 g/mol. The molecule has 11 aromatic rings. The van der Waals surface area contributed by atoms with Gasteiger partial charge in [-0.05, 0) is 88.8 Å². The van der Waals surface area contributed by atoms with E-state index in [-0.39, 0.29) is 0 Å². The normalized spacial score (nSPS) is 11.6. The van der Waals surface area contributed by atoms with Crippen LogP contribution in [0.5, 0.6) is 0 Å². The third-order valence-corrected chi connectivity index (χ3v) is 12.2. The van der Waals surface area contributed by atoms with E-state index in [1.54, 1.807) is 0 Å². The molecule has 0 N–H and O–H groups in total. The van der Waals surface area contributed by atoms with Crippen LogP contribution in [0.15, 0.2) is 206 Å². The van der Waals surface area contributed by atoms with E-state index in [2.05, 4.69) is 216 Å². The highest BCUT2D eigenvalue weighted by atomic mass is 32.1. The number of benzene rings is 9. The second-order valence-corrected chi connectivity index (χ2v) is 15.2. The average molecular weight is 719 g/mol. The van der Waals surface area contributed by atoms with Crippen LogP contribution in [-0.2, 0) is 0 Å². The minimum atomic E-state index is 1.11. The minimum Gasteiger partial charge on any atom is -0.309 e. The van der Waals surface area contributed by atoms with Crippen molar-refractivity contribution in [1.29, 1.82) is 0 Å². The highest BCUT2D eigenvalue weighted by Crippen LogP contribution is 2.45. The number of nitrogens with zero attached hydrogens (tertiary/aromatic N) is 2. The van der Waals surface area contributed by atoms with Crippen molar-refractivity contribution in [2.24, 2.45) is 0 Å². The standard InChI is InChI=1S/C52H34N2S/c1-2-14-41-37(12-1)13-11-22-48(41)53(47-19-7-3-15-42(47)38-28-33-52-46(34-38)45-18-6-10-23-51(45)55-52)39-29-24-35(25-30-39)36-26-31-40(32-27-36)54-49-20-8-4-16-43(49)44-17-5-9-21-50(44)54/h1-34H. The molecule has 0 unspecified atom stereocenters. The predicted molar refractivity (Wildman–Crippen MR) is 237 cm³/mol. The lowest BCUT2D eigenvalue weighted by atomic mass is 9.98. The highest BCUT2D eigenvalue weighted by molar-refractivity contribution is 7.25. The molecule has 3 heteroatoms. The number of thiophene rings is 1. The molecule has 0 atom stereocenters. The van der Waals surface area contributed by atoms with Gasteiger partial charge in [-0.2, -0.15) is 0 Å². The second-order valence-electron chi connectivity index (χ2n) is 14.1. The van der Waals surface area contributed by atoms with Crippen LogP contribution >= 0.6 is 11.3 Å². The van der Waals surface area contributed by atoms with Gasteiger partial charge in [0.05, 0.1) is 22.4 Å². The summed E-state index contributed by atoms with van der Waals surface area (Å²) in [6, 6.07) is 75.2. The Balaban J connectivity index is 1.02. The van der Waals surface area contributed by atoms with E-state index >= 15 is 0 Å². The summed E-state index contributed by atoms with van der Waals surface area (Å²) in [5, 5.41) is 7.59. The molecule has 0 radical (unpaired) electrons. The molecule has 2 nitrogen and oxygen atoms in total. The van der Waals surface area contributed by atoms with Crippen molar-refractivity contribution < 1.29 is 0 Å². The molecule has 0 amide bonds. The highest BCUT2D eigenvalue weighted by Gasteiger charge is 2.20. The van der Waals surface area contributed by atoms with Gasteiger partial charge in [-0.15, -0.1) is 11.3 Å². The molecule has 11 rings (SSSR count). The molecule has 0 aliphatic heterocycles. The quantitative estimate of drug-likeness (QED) is 0.166. The van der Waals surface area contributed by atoms with E-state index in [9.17, 15) is 0 Å². The van der Waals surface area contributed by atoms with Crippen molar-refractivity contribution in [2.45, 2.75) is 0 Å². The van der Waals surface area contributed by atoms with Gasteiger partial charge in [0.1, 0.15) is 0 Å². The summed E-state index contributed by atoms with van der Waals surface area (Å²) in [6.45, 7) is 0. The van der Waals surface area contributed by atoms with Gasteiger partial charge in [0.15, 0.2) is 0 Å². The Morgan fingerprint density at radius 3 is 1.67 bits per heavy atom. The van der Waals surface area contributed by atoms with Gasteiger partial charge in [0.2, 0.25) is 0 Å². The van der Waals surface area contributed by atoms with Crippen LogP contribution in [0, 0.1) is 0 Å². The van der Waals surface area contributed by atoms with E-state index in [0.29, 0.717) is 0 Å². The maximum absolute atomic E-state index is 2.43. The number of rotatable bonds is 6. The predicted octanol–water partition coefficient (Wildman–Crippen LogP) is 15.1. The van der Waals surface area contributed by atoms with Gasteiger partial charge >= 0.3 is 0 Å². The Morgan fingerprint density at radius 2 is 0.909 bits per heavy atom. The molecular weight excluding hydrogens is 685 g/mol. The Morgan fingerprint density at radius 1 is 0.364 bits per heavy atom. The summed E-state index contributed by atoms with van der Waals surface area (Å²) < 4.78 is 5.00. The second kappa shape index (κ2) is 12.9. The van der Waals surface area contributed by atoms with Crippen molar-refractivity contribution in [3.8, 4) is 27.9 Å². The third-order valence-electron chi connectivity index (χ3n) is 11.0. The van der Waals surface area contributed by atoms with Crippen LogP contribution in [0.3, 0.4) is 0 Å². The van der Waals surface area contributed by atoms with Crippen LogP contribution in [0.25, 0.3) is 80.7 Å². The zero-order valence-corrected chi connectivity index (χ0v) is 30.7. The van der Waals surface area contributed by atoms with Crippen molar-refractivity contribution in [3.05, 3.63) is 206 Å². The molecule has 2 heterocycles. The van der Waals surface area contributed by atoms with E-state index in [1.807, 2.05) is 11.3 Å². The zero-order valence-electron chi connectivity index (χ0n) is 29.9. The van der Waals surface area contributed by atoms with Gasteiger partial charge in [-0.3, -0.25) is 0 Å². The first-order valence-electron chi connectivity index (χ1n) is 18.8. The molecule has 0 spiro atoms. The van der Waals surface area contributed by atoms with Gasteiger partial charge < -0.3 is 9.47 Å². The Hall–Kier alpha value is -6.94. The molecule has 0 fully saturated rings. The lowest BCUT2D eigenvalue weighted by Crippen LogP contribution is -2.11. The summed E-state index contributed by atoms with van der Waals surface area (Å²) in [4.78, 5) is 2.43. The Labute approximate surface area is 323 Å². The maximum Gasteiger partial charge on any atom is 0.0541 e. The molecule has 0 aliphatic rings. The lowest BCUT2D eigenvalue weighted by Gasteiger charge is -2.29. The summed E-state index contributed by atoms with van der Waals surface area (Å²) in [5.41, 5.74) is 11.8. The van der Waals surface area contributed by atoms with Crippen LogP contribution in [0.1, 0.15) is 0 Å². The maximum atomic E-state index is 2.43. The number of aromatic nitrogens is 1. The van der Waals surface area contributed by atoms with Crippen molar-refractivity contribution >= 4 is 81.1 Å². The van der Waals surface area contributed by atoms with E-state index in [0.717, 1.165) is 22.7 Å². The van der Waals surface area contributed by atoms with Gasteiger partial charge in [0, 0.05) is 53.3 Å². The van der Waals surface area contributed by atoms with Crippen molar-refractivity contribution in [1.82, 2.24) is 4.57 Å². The third kappa shape index (κ3) is 5.24. The fourth-order valence-corrected chi connectivity index (χ4v) is 9.51.